The van der Waals surface area contributed by atoms with Crippen molar-refractivity contribution < 1.29 is 4.79 Å². The highest BCUT2D eigenvalue weighted by atomic mass is 16.2. The van der Waals surface area contributed by atoms with Crippen molar-refractivity contribution in [2.75, 3.05) is 20.1 Å². The molecule has 0 aromatic heterocycles. The molecule has 1 aliphatic heterocycles. The average molecular weight is 209 g/mol. The molecule has 0 aromatic carbocycles. The molecule has 1 unspecified atom stereocenters. The van der Waals surface area contributed by atoms with Crippen LogP contribution in [0, 0.1) is 5.92 Å². The third-order valence-corrected chi connectivity index (χ3v) is 2.83. The van der Waals surface area contributed by atoms with Crippen LogP contribution in [0.3, 0.4) is 0 Å². The molecule has 4 nitrogen and oxygen atoms in total. The van der Waals surface area contributed by atoms with Crippen molar-refractivity contribution in [1.82, 2.24) is 4.90 Å². The van der Waals surface area contributed by atoms with E-state index in [9.17, 15) is 4.79 Å². The number of rotatable bonds is 2. The van der Waals surface area contributed by atoms with Gasteiger partial charge in [-0.15, -0.1) is 0 Å². The van der Waals surface area contributed by atoms with E-state index >= 15 is 0 Å². The topological polar surface area (TPSA) is 58.7 Å². The summed E-state index contributed by atoms with van der Waals surface area (Å²) in [6.45, 7) is 5.61. The van der Waals surface area contributed by atoms with E-state index in [4.69, 9.17) is 5.73 Å². The van der Waals surface area contributed by atoms with Crippen LogP contribution in [0.15, 0.2) is 16.8 Å². The van der Waals surface area contributed by atoms with Crippen LogP contribution >= 0.6 is 0 Å². The zero-order valence-electron chi connectivity index (χ0n) is 9.66. The number of likely N-dealkylation sites (tertiary alicyclic amines) is 1. The molecule has 0 saturated carbocycles. The Labute approximate surface area is 90.8 Å². The zero-order chi connectivity index (χ0) is 11.4. The van der Waals surface area contributed by atoms with Crippen molar-refractivity contribution in [2.45, 2.75) is 20.3 Å². The smallest absolute Gasteiger partial charge is 0.257 e. The SMILES string of the molecule is CN=C(C)C(=CN)C(=O)N1CCC(C)C1. The van der Waals surface area contributed by atoms with E-state index in [0.29, 0.717) is 17.2 Å². The number of carbonyl (C=O) groups excluding carboxylic acids is 1. The van der Waals surface area contributed by atoms with Crippen LogP contribution in [0.2, 0.25) is 0 Å². The second kappa shape index (κ2) is 4.96. The Morgan fingerprint density at radius 1 is 1.60 bits per heavy atom. The molecule has 1 atom stereocenters. The van der Waals surface area contributed by atoms with Gasteiger partial charge in [0.2, 0.25) is 0 Å². The number of hydrogen-bond donors (Lipinski definition) is 1. The number of nitrogens with two attached hydrogens (primary N) is 1. The van der Waals surface area contributed by atoms with Gasteiger partial charge in [0.05, 0.1) is 5.57 Å². The summed E-state index contributed by atoms with van der Waals surface area (Å²) in [5.41, 5.74) is 6.68. The summed E-state index contributed by atoms with van der Waals surface area (Å²) in [5.74, 6) is 0.594. The van der Waals surface area contributed by atoms with E-state index in [2.05, 4.69) is 11.9 Å². The quantitative estimate of drug-likeness (QED) is 0.540. The Hall–Kier alpha value is -1.32. The third-order valence-electron chi connectivity index (χ3n) is 2.83. The average Bonchev–Trinajstić information content (AvgIpc) is 2.65. The van der Waals surface area contributed by atoms with Crippen LogP contribution in [0.25, 0.3) is 0 Å². The standard InChI is InChI=1S/C11H19N3O/c1-8-4-5-14(7-8)11(15)10(6-12)9(2)13-3/h6,8H,4-5,7,12H2,1-3H3. The van der Waals surface area contributed by atoms with Gasteiger partial charge < -0.3 is 10.6 Å². The Morgan fingerprint density at radius 2 is 2.27 bits per heavy atom. The van der Waals surface area contributed by atoms with E-state index in [0.717, 1.165) is 19.5 Å². The Bertz CT molecular complexity index is 307. The Morgan fingerprint density at radius 3 is 2.67 bits per heavy atom. The van der Waals surface area contributed by atoms with Crippen LogP contribution in [0.5, 0.6) is 0 Å². The molecule has 1 fully saturated rings. The molecule has 2 N–H and O–H groups in total. The predicted octanol–water partition coefficient (Wildman–Crippen LogP) is 0.788. The first-order valence-electron chi connectivity index (χ1n) is 5.25. The second-order valence-electron chi connectivity index (χ2n) is 4.03. The van der Waals surface area contributed by atoms with Gasteiger partial charge in [-0.3, -0.25) is 9.79 Å². The van der Waals surface area contributed by atoms with Gasteiger partial charge in [0.15, 0.2) is 0 Å². The minimum absolute atomic E-state index is 0.00458. The lowest BCUT2D eigenvalue weighted by molar-refractivity contribution is -0.125. The summed E-state index contributed by atoms with van der Waals surface area (Å²) in [6, 6.07) is 0. The maximum atomic E-state index is 12.0. The molecule has 1 heterocycles. The molecule has 1 saturated heterocycles. The van der Waals surface area contributed by atoms with E-state index in [1.165, 1.54) is 6.20 Å². The largest absolute Gasteiger partial charge is 0.404 e. The molecule has 0 radical (unpaired) electrons. The molecule has 15 heavy (non-hydrogen) atoms. The fourth-order valence-corrected chi connectivity index (χ4v) is 1.76. The molecule has 0 spiro atoms. The summed E-state index contributed by atoms with van der Waals surface area (Å²) in [5, 5.41) is 0. The minimum atomic E-state index is 0.00458. The van der Waals surface area contributed by atoms with E-state index in [1.54, 1.807) is 14.0 Å². The van der Waals surface area contributed by atoms with Gasteiger partial charge in [0, 0.05) is 32.0 Å². The maximum Gasteiger partial charge on any atom is 0.257 e. The highest BCUT2D eigenvalue weighted by Gasteiger charge is 2.26. The Balaban J connectivity index is 2.75. The van der Waals surface area contributed by atoms with Gasteiger partial charge in [0.25, 0.3) is 5.91 Å². The van der Waals surface area contributed by atoms with Gasteiger partial charge >= 0.3 is 0 Å². The van der Waals surface area contributed by atoms with E-state index < -0.39 is 0 Å². The van der Waals surface area contributed by atoms with Crippen molar-refractivity contribution in [2.24, 2.45) is 16.6 Å². The minimum Gasteiger partial charge on any atom is -0.404 e. The fraction of sp³-hybridized carbons (Fsp3) is 0.636. The molecule has 0 aliphatic carbocycles. The first kappa shape index (κ1) is 11.8. The van der Waals surface area contributed by atoms with Crippen molar-refractivity contribution in [3.63, 3.8) is 0 Å². The summed E-state index contributed by atoms with van der Waals surface area (Å²) in [6.07, 6.45) is 2.43. The normalized spacial score (nSPS) is 23.4. The molecule has 4 heteroatoms. The molecule has 1 aliphatic rings. The van der Waals surface area contributed by atoms with Gasteiger partial charge in [0.1, 0.15) is 0 Å². The number of amides is 1. The van der Waals surface area contributed by atoms with Crippen LogP contribution in [0.1, 0.15) is 20.3 Å². The van der Waals surface area contributed by atoms with E-state index in [-0.39, 0.29) is 5.91 Å². The monoisotopic (exact) mass is 209 g/mol. The van der Waals surface area contributed by atoms with Gasteiger partial charge in [-0.2, -0.15) is 0 Å². The van der Waals surface area contributed by atoms with Crippen molar-refractivity contribution in [3.8, 4) is 0 Å². The first-order valence-corrected chi connectivity index (χ1v) is 5.25. The zero-order valence-corrected chi connectivity index (χ0v) is 9.66. The first-order chi connectivity index (χ1) is 7.10. The van der Waals surface area contributed by atoms with Crippen molar-refractivity contribution in [1.29, 1.82) is 0 Å². The molecular weight excluding hydrogens is 190 g/mol. The summed E-state index contributed by atoms with van der Waals surface area (Å²) < 4.78 is 0. The van der Waals surface area contributed by atoms with Gasteiger partial charge in [-0.25, -0.2) is 0 Å². The summed E-state index contributed by atoms with van der Waals surface area (Å²) in [4.78, 5) is 17.9. The number of hydrogen-bond acceptors (Lipinski definition) is 3. The Kier molecular flexibility index (Phi) is 3.88. The number of aliphatic imine (C=N–C) groups is 1. The molecular formula is C11H19N3O. The van der Waals surface area contributed by atoms with Crippen LogP contribution < -0.4 is 5.73 Å². The highest BCUT2D eigenvalue weighted by Crippen LogP contribution is 2.17. The van der Waals surface area contributed by atoms with Gasteiger partial charge in [-0.1, -0.05) is 6.92 Å². The highest BCUT2D eigenvalue weighted by molar-refractivity contribution is 6.20. The second-order valence-corrected chi connectivity index (χ2v) is 4.03. The molecule has 1 amide bonds. The lowest BCUT2D eigenvalue weighted by Crippen LogP contribution is -2.32. The molecule has 1 rings (SSSR count). The van der Waals surface area contributed by atoms with Crippen LogP contribution in [-0.4, -0.2) is 36.7 Å². The van der Waals surface area contributed by atoms with Gasteiger partial charge in [-0.05, 0) is 19.3 Å². The van der Waals surface area contributed by atoms with Crippen LogP contribution in [0.4, 0.5) is 0 Å². The number of carbonyl (C=O) groups is 1. The summed E-state index contributed by atoms with van der Waals surface area (Å²) >= 11 is 0. The lowest BCUT2D eigenvalue weighted by atomic mass is 10.1. The molecule has 84 valence electrons. The molecule has 0 aromatic rings. The lowest BCUT2D eigenvalue weighted by Gasteiger charge is -2.17. The fourth-order valence-electron chi connectivity index (χ4n) is 1.76. The number of nitrogens with zero attached hydrogens (tertiary/aromatic N) is 2. The summed E-state index contributed by atoms with van der Waals surface area (Å²) in [7, 11) is 1.67. The van der Waals surface area contributed by atoms with Crippen molar-refractivity contribution in [3.05, 3.63) is 11.8 Å². The predicted molar refractivity (Wildman–Crippen MR) is 61.7 cm³/mol. The third kappa shape index (κ3) is 2.58. The maximum absolute atomic E-state index is 12.0. The van der Waals surface area contributed by atoms with E-state index in [1.807, 2.05) is 4.90 Å². The molecule has 0 bridgehead atoms. The van der Waals surface area contributed by atoms with Crippen LogP contribution in [-0.2, 0) is 4.79 Å². The van der Waals surface area contributed by atoms with Crippen molar-refractivity contribution >= 4 is 11.6 Å².